The molecule has 0 aliphatic heterocycles. The fourth-order valence-electron chi connectivity index (χ4n) is 2.23. The summed E-state index contributed by atoms with van der Waals surface area (Å²) in [4.78, 5) is 0. The van der Waals surface area contributed by atoms with Gasteiger partial charge in [0.25, 0.3) is 0 Å². The summed E-state index contributed by atoms with van der Waals surface area (Å²) in [5.41, 5.74) is 1.74. The SMILES string of the molecule is CCNC(Cc1cccc(F)c1)c1cc(F)cc(Br)c1. The minimum absolute atomic E-state index is 0.0474. The Morgan fingerprint density at radius 1 is 1.10 bits per heavy atom. The summed E-state index contributed by atoms with van der Waals surface area (Å²) in [6.45, 7) is 2.75. The second-order valence-corrected chi connectivity index (χ2v) is 5.56. The highest BCUT2D eigenvalue weighted by atomic mass is 79.9. The van der Waals surface area contributed by atoms with Gasteiger partial charge in [0, 0.05) is 10.5 Å². The van der Waals surface area contributed by atoms with E-state index in [1.807, 2.05) is 19.1 Å². The van der Waals surface area contributed by atoms with E-state index in [4.69, 9.17) is 0 Å². The second-order valence-electron chi connectivity index (χ2n) is 4.65. The van der Waals surface area contributed by atoms with E-state index in [0.717, 1.165) is 17.7 Å². The Morgan fingerprint density at radius 3 is 2.55 bits per heavy atom. The lowest BCUT2D eigenvalue weighted by Crippen LogP contribution is -2.23. The lowest BCUT2D eigenvalue weighted by atomic mass is 9.98. The molecule has 2 aromatic carbocycles. The van der Waals surface area contributed by atoms with Crippen molar-refractivity contribution in [1.82, 2.24) is 5.32 Å². The molecule has 1 N–H and O–H groups in total. The maximum Gasteiger partial charge on any atom is 0.124 e. The van der Waals surface area contributed by atoms with Crippen LogP contribution >= 0.6 is 15.9 Å². The molecule has 106 valence electrons. The Balaban J connectivity index is 2.26. The van der Waals surface area contributed by atoms with Crippen LogP contribution in [0.15, 0.2) is 46.9 Å². The first-order valence-corrected chi connectivity index (χ1v) is 7.31. The molecule has 0 amide bonds. The van der Waals surface area contributed by atoms with Crippen LogP contribution in [0, 0.1) is 11.6 Å². The molecule has 0 spiro atoms. The zero-order valence-electron chi connectivity index (χ0n) is 11.2. The quantitative estimate of drug-likeness (QED) is 0.837. The number of hydrogen-bond acceptors (Lipinski definition) is 1. The van der Waals surface area contributed by atoms with Gasteiger partial charge in [0.15, 0.2) is 0 Å². The van der Waals surface area contributed by atoms with Gasteiger partial charge in [-0.2, -0.15) is 0 Å². The molecular weight excluding hydrogens is 324 g/mol. The molecule has 2 rings (SSSR count). The predicted octanol–water partition coefficient (Wildman–Crippen LogP) is 4.62. The van der Waals surface area contributed by atoms with Crippen molar-refractivity contribution < 1.29 is 8.78 Å². The molecular formula is C16H16BrF2N. The third kappa shape index (κ3) is 4.12. The second kappa shape index (κ2) is 6.95. The molecule has 0 radical (unpaired) electrons. The first-order valence-electron chi connectivity index (χ1n) is 6.52. The molecule has 0 aromatic heterocycles. The van der Waals surface area contributed by atoms with Gasteiger partial charge in [0.1, 0.15) is 11.6 Å². The van der Waals surface area contributed by atoms with E-state index in [9.17, 15) is 8.78 Å². The van der Waals surface area contributed by atoms with Gasteiger partial charge < -0.3 is 5.32 Å². The predicted molar refractivity (Wildman–Crippen MR) is 80.6 cm³/mol. The summed E-state index contributed by atoms with van der Waals surface area (Å²) < 4.78 is 27.5. The topological polar surface area (TPSA) is 12.0 Å². The van der Waals surface area contributed by atoms with Gasteiger partial charge in [-0.05, 0) is 54.4 Å². The van der Waals surface area contributed by atoms with Crippen molar-refractivity contribution >= 4 is 15.9 Å². The normalized spacial score (nSPS) is 12.4. The van der Waals surface area contributed by atoms with Gasteiger partial charge in [0.05, 0.1) is 0 Å². The minimum atomic E-state index is -0.281. The van der Waals surface area contributed by atoms with Crippen molar-refractivity contribution in [3.05, 3.63) is 69.7 Å². The third-order valence-electron chi connectivity index (χ3n) is 3.07. The van der Waals surface area contributed by atoms with Crippen molar-refractivity contribution in [3.63, 3.8) is 0 Å². The van der Waals surface area contributed by atoms with Crippen molar-refractivity contribution in [3.8, 4) is 0 Å². The Labute approximate surface area is 126 Å². The highest BCUT2D eigenvalue weighted by molar-refractivity contribution is 9.10. The van der Waals surface area contributed by atoms with Crippen LogP contribution in [-0.4, -0.2) is 6.54 Å². The molecule has 0 heterocycles. The van der Waals surface area contributed by atoms with Crippen LogP contribution in [0.3, 0.4) is 0 Å². The first-order chi connectivity index (χ1) is 9.58. The summed E-state index contributed by atoms with van der Waals surface area (Å²) >= 11 is 3.30. The van der Waals surface area contributed by atoms with Gasteiger partial charge in [-0.3, -0.25) is 0 Å². The maximum absolute atomic E-state index is 13.5. The highest BCUT2D eigenvalue weighted by Crippen LogP contribution is 2.23. The zero-order chi connectivity index (χ0) is 14.5. The fraction of sp³-hybridized carbons (Fsp3) is 0.250. The van der Waals surface area contributed by atoms with Crippen LogP contribution in [-0.2, 0) is 6.42 Å². The molecule has 0 aliphatic carbocycles. The Morgan fingerprint density at radius 2 is 1.90 bits per heavy atom. The lowest BCUT2D eigenvalue weighted by molar-refractivity contribution is 0.539. The van der Waals surface area contributed by atoms with Gasteiger partial charge >= 0.3 is 0 Å². The molecule has 1 unspecified atom stereocenters. The molecule has 4 heteroatoms. The fourth-order valence-corrected chi connectivity index (χ4v) is 2.71. The average molecular weight is 340 g/mol. The lowest BCUT2D eigenvalue weighted by Gasteiger charge is -2.19. The van der Waals surface area contributed by atoms with Crippen LogP contribution in [0.4, 0.5) is 8.78 Å². The summed E-state index contributed by atoms with van der Waals surface area (Å²) in [6, 6.07) is 11.3. The minimum Gasteiger partial charge on any atom is -0.310 e. The van der Waals surface area contributed by atoms with Crippen molar-refractivity contribution in [2.24, 2.45) is 0 Å². The van der Waals surface area contributed by atoms with E-state index in [1.165, 1.54) is 24.3 Å². The van der Waals surface area contributed by atoms with E-state index in [1.54, 1.807) is 6.07 Å². The van der Waals surface area contributed by atoms with Gasteiger partial charge in [-0.25, -0.2) is 8.78 Å². The number of nitrogens with one attached hydrogen (secondary N) is 1. The van der Waals surface area contributed by atoms with Crippen LogP contribution in [0.25, 0.3) is 0 Å². The molecule has 1 atom stereocenters. The van der Waals surface area contributed by atoms with Crippen LogP contribution < -0.4 is 5.32 Å². The molecule has 0 fully saturated rings. The van der Waals surface area contributed by atoms with Crippen LogP contribution in [0.2, 0.25) is 0 Å². The van der Waals surface area contributed by atoms with Crippen molar-refractivity contribution in [2.45, 2.75) is 19.4 Å². The number of halogens is 3. The summed E-state index contributed by atoms with van der Waals surface area (Å²) in [7, 11) is 0. The molecule has 0 saturated carbocycles. The standard InChI is InChI=1S/C16H16BrF2N/c1-2-20-16(7-11-4-3-5-14(18)6-11)12-8-13(17)10-15(19)9-12/h3-6,8-10,16,20H,2,7H2,1H3. The zero-order valence-corrected chi connectivity index (χ0v) is 12.8. The van der Waals surface area contributed by atoms with Crippen LogP contribution in [0.5, 0.6) is 0 Å². The Hall–Kier alpha value is -1.26. The molecule has 0 saturated heterocycles. The van der Waals surface area contributed by atoms with E-state index in [0.29, 0.717) is 10.9 Å². The number of benzene rings is 2. The Kier molecular flexibility index (Phi) is 5.26. The number of rotatable bonds is 5. The Bertz CT molecular complexity index is 566. The summed E-state index contributed by atoms with van der Waals surface area (Å²) in [5, 5.41) is 3.31. The summed E-state index contributed by atoms with van der Waals surface area (Å²) in [6.07, 6.45) is 0.613. The van der Waals surface area contributed by atoms with E-state index in [-0.39, 0.29) is 17.7 Å². The largest absolute Gasteiger partial charge is 0.310 e. The maximum atomic E-state index is 13.5. The highest BCUT2D eigenvalue weighted by Gasteiger charge is 2.13. The van der Waals surface area contributed by atoms with E-state index in [2.05, 4.69) is 21.2 Å². The molecule has 0 aliphatic rings. The number of hydrogen-bond donors (Lipinski definition) is 1. The molecule has 1 nitrogen and oxygen atoms in total. The molecule has 20 heavy (non-hydrogen) atoms. The van der Waals surface area contributed by atoms with Gasteiger partial charge in [-0.15, -0.1) is 0 Å². The van der Waals surface area contributed by atoms with Crippen molar-refractivity contribution in [1.29, 1.82) is 0 Å². The van der Waals surface area contributed by atoms with Crippen LogP contribution in [0.1, 0.15) is 24.1 Å². The smallest absolute Gasteiger partial charge is 0.124 e. The van der Waals surface area contributed by atoms with Crippen molar-refractivity contribution in [2.75, 3.05) is 6.54 Å². The van der Waals surface area contributed by atoms with Gasteiger partial charge in [0.2, 0.25) is 0 Å². The molecule has 2 aromatic rings. The van der Waals surface area contributed by atoms with E-state index >= 15 is 0 Å². The third-order valence-corrected chi connectivity index (χ3v) is 3.52. The first kappa shape index (κ1) is 15.1. The number of likely N-dealkylation sites (N-methyl/N-ethyl adjacent to an activating group) is 1. The summed E-state index contributed by atoms with van der Waals surface area (Å²) in [5.74, 6) is -0.533. The monoisotopic (exact) mass is 339 g/mol. The van der Waals surface area contributed by atoms with Gasteiger partial charge in [-0.1, -0.05) is 35.0 Å². The average Bonchev–Trinajstić information content (AvgIpc) is 2.37. The van der Waals surface area contributed by atoms with E-state index < -0.39 is 0 Å². The molecule has 0 bridgehead atoms.